The van der Waals surface area contributed by atoms with Crippen LogP contribution in [0.4, 0.5) is 5.82 Å². The molecule has 0 radical (unpaired) electrons. The maximum Gasteiger partial charge on any atom is 0.226 e. The zero-order valence-corrected chi connectivity index (χ0v) is 10.3. The van der Waals surface area contributed by atoms with Crippen molar-refractivity contribution in [3.8, 4) is 0 Å². The van der Waals surface area contributed by atoms with Crippen LogP contribution in [0.25, 0.3) is 11.0 Å². The van der Waals surface area contributed by atoms with Gasteiger partial charge >= 0.3 is 0 Å². The van der Waals surface area contributed by atoms with Crippen molar-refractivity contribution in [3.05, 3.63) is 17.5 Å². The summed E-state index contributed by atoms with van der Waals surface area (Å²) in [5.41, 5.74) is 0.860. The Balaban J connectivity index is 2.35. The van der Waals surface area contributed by atoms with Gasteiger partial charge in [-0.25, -0.2) is 4.98 Å². The monoisotopic (exact) mass is 238 g/mol. The van der Waals surface area contributed by atoms with E-state index in [2.05, 4.69) is 22.2 Å². The summed E-state index contributed by atoms with van der Waals surface area (Å²) in [6.45, 7) is 3.07. The Hall–Kier alpha value is -1.29. The van der Waals surface area contributed by atoms with Gasteiger partial charge in [0, 0.05) is 19.8 Å². The lowest BCUT2D eigenvalue weighted by Crippen LogP contribution is -2.04. The molecule has 86 valence electrons. The molecule has 2 aromatic rings. The Bertz CT molecular complexity index is 492. The van der Waals surface area contributed by atoms with Crippen LogP contribution in [0, 0.1) is 0 Å². The molecule has 0 unspecified atom stereocenters. The molecule has 0 aliphatic rings. The number of aromatic nitrogens is 3. The van der Waals surface area contributed by atoms with E-state index in [9.17, 15) is 0 Å². The first-order valence-corrected chi connectivity index (χ1v) is 5.82. The zero-order chi connectivity index (χ0) is 11.5. The van der Waals surface area contributed by atoms with Crippen LogP contribution in [-0.4, -0.2) is 21.1 Å². The Morgan fingerprint density at radius 2 is 2.25 bits per heavy atom. The number of anilines is 1. The van der Waals surface area contributed by atoms with E-state index in [-0.39, 0.29) is 5.28 Å². The first-order valence-electron chi connectivity index (χ1n) is 5.45. The lowest BCUT2D eigenvalue weighted by atomic mass is 10.3. The first kappa shape index (κ1) is 11.2. The molecule has 0 aliphatic heterocycles. The molecule has 2 heterocycles. The molecule has 0 spiro atoms. The summed E-state index contributed by atoms with van der Waals surface area (Å²) in [5, 5.41) is 4.60. The highest BCUT2D eigenvalue weighted by Gasteiger charge is 2.08. The molecule has 0 amide bonds. The minimum Gasteiger partial charge on any atom is -0.369 e. The van der Waals surface area contributed by atoms with Crippen LogP contribution < -0.4 is 5.32 Å². The fourth-order valence-electron chi connectivity index (χ4n) is 1.63. The number of unbranched alkanes of at least 4 members (excludes halogenated alkanes) is 1. The third kappa shape index (κ3) is 2.11. The van der Waals surface area contributed by atoms with Gasteiger partial charge in [0.15, 0.2) is 0 Å². The summed E-state index contributed by atoms with van der Waals surface area (Å²) in [5.74, 6) is 0.823. The summed E-state index contributed by atoms with van der Waals surface area (Å²) < 4.78 is 1.94. The SMILES string of the molecule is CCCCNc1nc(Cl)nc2c1ccn2C. The van der Waals surface area contributed by atoms with Gasteiger partial charge in [-0.2, -0.15) is 4.98 Å². The Labute approximate surface area is 99.6 Å². The largest absolute Gasteiger partial charge is 0.369 e. The highest BCUT2D eigenvalue weighted by atomic mass is 35.5. The molecule has 0 fully saturated rings. The lowest BCUT2D eigenvalue weighted by molar-refractivity contribution is 0.831. The molecule has 4 nitrogen and oxygen atoms in total. The molecule has 0 bridgehead atoms. The van der Waals surface area contributed by atoms with E-state index in [1.165, 1.54) is 0 Å². The van der Waals surface area contributed by atoms with Gasteiger partial charge in [0.25, 0.3) is 0 Å². The molecule has 1 N–H and O–H groups in total. The second-order valence-electron chi connectivity index (χ2n) is 3.79. The summed E-state index contributed by atoms with van der Waals surface area (Å²) in [6.07, 6.45) is 4.24. The number of aryl methyl sites for hydroxylation is 1. The second kappa shape index (κ2) is 4.70. The van der Waals surface area contributed by atoms with E-state index in [1.807, 2.05) is 23.9 Å². The average Bonchev–Trinajstić information content (AvgIpc) is 2.61. The predicted molar refractivity (Wildman–Crippen MR) is 66.9 cm³/mol. The number of rotatable bonds is 4. The van der Waals surface area contributed by atoms with Crippen LogP contribution >= 0.6 is 11.6 Å². The normalized spacial score (nSPS) is 10.9. The maximum atomic E-state index is 5.89. The van der Waals surface area contributed by atoms with Crippen molar-refractivity contribution in [3.63, 3.8) is 0 Å². The fourth-order valence-corrected chi connectivity index (χ4v) is 1.79. The van der Waals surface area contributed by atoms with Crippen LogP contribution in [0.5, 0.6) is 0 Å². The smallest absolute Gasteiger partial charge is 0.226 e. The van der Waals surface area contributed by atoms with Gasteiger partial charge in [0.1, 0.15) is 11.5 Å². The number of halogens is 1. The van der Waals surface area contributed by atoms with Gasteiger partial charge in [0.2, 0.25) is 5.28 Å². The van der Waals surface area contributed by atoms with Gasteiger partial charge in [0.05, 0.1) is 5.39 Å². The fraction of sp³-hybridized carbons (Fsp3) is 0.455. The van der Waals surface area contributed by atoms with Crippen molar-refractivity contribution in [2.24, 2.45) is 7.05 Å². The van der Waals surface area contributed by atoms with E-state index >= 15 is 0 Å². The van der Waals surface area contributed by atoms with Gasteiger partial charge in [-0.05, 0) is 24.1 Å². The van der Waals surface area contributed by atoms with Gasteiger partial charge in [-0.3, -0.25) is 0 Å². The highest BCUT2D eigenvalue weighted by molar-refractivity contribution is 6.28. The van der Waals surface area contributed by atoms with E-state index in [0.29, 0.717) is 0 Å². The van der Waals surface area contributed by atoms with Crippen LogP contribution in [0.2, 0.25) is 5.28 Å². The summed E-state index contributed by atoms with van der Waals surface area (Å²) in [6, 6.07) is 2.00. The lowest BCUT2D eigenvalue weighted by Gasteiger charge is -2.06. The first-order chi connectivity index (χ1) is 7.72. The van der Waals surface area contributed by atoms with Crippen molar-refractivity contribution in [2.45, 2.75) is 19.8 Å². The quantitative estimate of drug-likeness (QED) is 0.658. The molecule has 0 aromatic carbocycles. The second-order valence-corrected chi connectivity index (χ2v) is 4.12. The number of nitrogens with zero attached hydrogens (tertiary/aromatic N) is 3. The number of fused-ring (bicyclic) bond motifs is 1. The minimum absolute atomic E-state index is 0.285. The van der Waals surface area contributed by atoms with E-state index < -0.39 is 0 Å². The number of nitrogens with one attached hydrogen (secondary N) is 1. The standard InChI is InChI=1S/C11H15ClN4/c1-3-4-6-13-9-8-5-7-16(2)10(8)15-11(12)14-9/h5,7H,3-4,6H2,1-2H3,(H,13,14,15). The van der Waals surface area contributed by atoms with Crippen molar-refractivity contribution < 1.29 is 0 Å². The van der Waals surface area contributed by atoms with Gasteiger partial charge in [-0.15, -0.1) is 0 Å². The van der Waals surface area contributed by atoms with Crippen molar-refractivity contribution >= 4 is 28.5 Å². The zero-order valence-electron chi connectivity index (χ0n) is 9.50. The minimum atomic E-state index is 0.285. The Morgan fingerprint density at radius 3 is 3.00 bits per heavy atom. The van der Waals surface area contributed by atoms with Crippen molar-refractivity contribution in [2.75, 3.05) is 11.9 Å². The molecule has 0 aliphatic carbocycles. The van der Waals surface area contributed by atoms with Gasteiger partial charge in [-0.1, -0.05) is 13.3 Å². The predicted octanol–water partition coefficient (Wildman–Crippen LogP) is 2.83. The van der Waals surface area contributed by atoms with Crippen molar-refractivity contribution in [1.82, 2.24) is 14.5 Å². The molecule has 2 rings (SSSR count). The third-order valence-electron chi connectivity index (χ3n) is 2.52. The maximum absolute atomic E-state index is 5.89. The molecular formula is C11H15ClN4. The number of hydrogen-bond donors (Lipinski definition) is 1. The molecule has 2 aromatic heterocycles. The molecule has 0 saturated carbocycles. The summed E-state index contributed by atoms with van der Waals surface area (Å²) in [4.78, 5) is 8.42. The van der Waals surface area contributed by atoms with Crippen LogP contribution in [0.1, 0.15) is 19.8 Å². The molecular weight excluding hydrogens is 224 g/mol. The topological polar surface area (TPSA) is 42.7 Å². The summed E-state index contributed by atoms with van der Waals surface area (Å²) >= 11 is 5.89. The molecule has 16 heavy (non-hydrogen) atoms. The average molecular weight is 239 g/mol. The van der Waals surface area contributed by atoms with Crippen LogP contribution in [0.15, 0.2) is 12.3 Å². The van der Waals surface area contributed by atoms with Crippen LogP contribution in [0.3, 0.4) is 0 Å². The molecule has 0 atom stereocenters. The third-order valence-corrected chi connectivity index (χ3v) is 2.69. The van der Waals surface area contributed by atoms with E-state index in [1.54, 1.807) is 0 Å². The van der Waals surface area contributed by atoms with Crippen LogP contribution in [-0.2, 0) is 7.05 Å². The van der Waals surface area contributed by atoms with Gasteiger partial charge < -0.3 is 9.88 Å². The highest BCUT2D eigenvalue weighted by Crippen LogP contribution is 2.22. The van der Waals surface area contributed by atoms with E-state index in [0.717, 1.165) is 36.2 Å². The summed E-state index contributed by atoms with van der Waals surface area (Å²) in [7, 11) is 1.95. The number of hydrogen-bond acceptors (Lipinski definition) is 3. The Kier molecular flexibility index (Phi) is 3.29. The Morgan fingerprint density at radius 1 is 1.44 bits per heavy atom. The van der Waals surface area contributed by atoms with E-state index in [4.69, 9.17) is 11.6 Å². The van der Waals surface area contributed by atoms with Crippen molar-refractivity contribution in [1.29, 1.82) is 0 Å². The molecule has 5 heteroatoms. The molecule has 0 saturated heterocycles.